The first kappa shape index (κ1) is 26.4. The quantitative estimate of drug-likeness (QED) is 0.266. The summed E-state index contributed by atoms with van der Waals surface area (Å²) in [6.07, 6.45) is 1.44. The zero-order chi connectivity index (χ0) is 27.5. The number of halogens is 2. The van der Waals surface area contributed by atoms with E-state index in [1.54, 1.807) is 61.4 Å². The highest BCUT2D eigenvalue weighted by atomic mass is 35.5. The van der Waals surface area contributed by atoms with Gasteiger partial charge in [-0.05, 0) is 66.6 Å². The molecule has 0 bridgehead atoms. The topological polar surface area (TPSA) is 99.5 Å². The molecule has 0 aliphatic carbocycles. The van der Waals surface area contributed by atoms with E-state index in [0.717, 1.165) is 11.1 Å². The van der Waals surface area contributed by atoms with E-state index in [2.05, 4.69) is 20.7 Å². The van der Waals surface area contributed by atoms with Crippen LogP contribution < -0.4 is 24.8 Å². The lowest BCUT2D eigenvalue weighted by molar-refractivity contribution is -0.113. The lowest BCUT2D eigenvalue weighted by atomic mass is 9.94. The van der Waals surface area contributed by atoms with Gasteiger partial charge >= 0.3 is 0 Å². The summed E-state index contributed by atoms with van der Waals surface area (Å²) in [6, 6.07) is 17.4. The number of ether oxygens (including phenoxy) is 3. The Morgan fingerprint density at radius 2 is 1.79 bits per heavy atom. The van der Waals surface area contributed by atoms with Gasteiger partial charge in [0.25, 0.3) is 5.91 Å². The van der Waals surface area contributed by atoms with Gasteiger partial charge in [0, 0.05) is 11.4 Å². The van der Waals surface area contributed by atoms with Gasteiger partial charge in [-0.1, -0.05) is 35.3 Å². The molecule has 1 atom stereocenters. The van der Waals surface area contributed by atoms with Crippen LogP contribution in [-0.4, -0.2) is 34.9 Å². The molecule has 11 heteroatoms. The summed E-state index contributed by atoms with van der Waals surface area (Å²) < 4.78 is 18.6. The van der Waals surface area contributed by atoms with Gasteiger partial charge in [0.1, 0.15) is 24.7 Å². The number of allylic oxidation sites excluding steroid dienone is 1. The second-order valence-corrected chi connectivity index (χ2v) is 9.54. The van der Waals surface area contributed by atoms with Crippen LogP contribution in [0.2, 0.25) is 10.0 Å². The molecule has 0 saturated heterocycles. The maximum atomic E-state index is 13.6. The molecule has 2 N–H and O–H groups in total. The third-order valence-corrected chi connectivity index (χ3v) is 7.01. The summed E-state index contributed by atoms with van der Waals surface area (Å²) >= 11 is 12.2. The van der Waals surface area contributed by atoms with Crippen LogP contribution in [0.25, 0.3) is 0 Å². The smallest absolute Gasteiger partial charge is 0.255 e. The lowest BCUT2D eigenvalue weighted by Crippen LogP contribution is -2.31. The Hall–Kier alpha value is -4.21. The van der Waals surface area contributed by atoms with Crippen molar-refractivity contribution in [3.8, 4) is 17.2 Å². The summed E-state index contributed by atoms with van der Waals surface area (Å²) in [7, 11) is 3.15. The molecule has 0 spiro atoms. The van der Waals surface area contributed by atoms with Crippen molar-refractivity contribution < 1.29 is 19.0 Å². The van der Waals surface area contributed by atoms with E-state index < -0.39 is 6.04 Å². The zero-order valence-corrected chi connectivity index (χ0v) is 22.9. The molecule has 5 rings (SSSR count). The Labute approximate surface area is 235 Å². The highest BCUT2D eigenvalue weighted by molar-refractivity contribution is 6.42. The molecule has 0 saturated carbocycles. The summed E-state index contributed by atoms with van der Waals surface area (Å²) in [6.45, 7) is 2.10. The predicted molar refractivity (Wildman–Crippen MR) is 150 cm³/mol. The SMILES string of the molecule is COc1ccc(NC(=O)C2=C(C)Nc3ncnn3C2c2ccc(OCc3ccc(Cl)c(Cl)c3)c(OC)c2)cc1. The maximum Gasteiger partial charge on any atom is 0.255 e. The van der Waals surface area contributed by atoms with Crippen molar-refractivity contribution in [3.05, 3.63) is 99.4 Å². The molecule has 1 aliphatic heterocycles. The summed E-state index contributed by atoms with van der Waals surface area (Å²) in [5.41, 5.74) is 3.40. The first-order valence-corrected chi connectivity index (χ1v) is 12.7. The van der Waals surface area contributed by atoms with Gasteiger partial charge in [0.15, 0.2) is 11.5 Å². The minimum absolute atomic E-state index is 0.266. The van der Waals surface area contributed by atoms with Crippen LogP contribution in [0.15, 0.2) is 78.3 Å². The molecule has 9 nitrogen and oxygen atoms in total. The van der Waals surface area contributed by atoms with E-state index in [1.165, 1.54) is 6.33 Å². The van der Waals surface area contributed by atoms with Crippen molar-refractivity contribution in [2.24, 2.45) is 0 Å². The number of rotatable bonds is 8. The Kier molecular flexibility index (Phi) is 7.63. The molecular weight excluding hydrogens is 541 g/mol. The minimum atomic E-state index is -0.569. The van der Waals surface area contributed by atoms with E-state index in [-0.39, 0.29) is 12.5 Å². The van der Waals surface area contributed by atoms with Crippen molar-refractivity contribution in [2.75, 3.05) is 24.9 Å². The van der Waals surface area contributed by atoms with Crippen molar-refractivity contribution in [1.82, 2.24) is 14.8 Å². The monoisotopic (exact) mass is 565 g/mol. The highest BCUT2D eigenvalue weighted by Gasteiger charge is 2.34. The number of hydrogen-bond acceptors (Lipinski definition) is 7. The largest absolute Gasteiger partial charge is 0.497 e. The first-order valence-electron chi connectivity index (χ1n) is 11.9. The van der Waals surface area contributed by atoms with E-state index in [1.807, 2.05) is 25.1 Å². The van der Waals surface area contributed by atoms with Crippen LogP contribution >= 0.6 is 23.2 Å². The molecule has 1 aliphatic rings. The number of methoxy groups -OCH3 is 2. The molecule has 39 heavy (non-hydrogen) atoms. The van der Waals surface area contributed by atoms with Gasteiger partial charge in [-0.15, -0.1) is 0 Å². The number of anilines is 2. The Balaban J connectivity index is 1.45. The fraction of sp³-hybridized carbons (Fsp3) is 0.179. The van der Waals surface area contributed by atoms with Crippen LogP contribution in [0.4, 0.5) is 11.6 Å². The minimum Gasteiger partial charge on any atom is -0.497 e. The molecule has 1 unspecified atom stereocenters. The number of nitrogens with zero attached hydrogens (tertiary/aromatic N) is 3. The van der Waals surface area contributed by atoms with Gasteiger partial charge in [0.2, 0.25) is 5.95 Å². The average Bonchev–Trinajstić information content (AvgIpc) is 3.41. The second-order valence-electron chi connectivity index (χ2n) is 8.72. The van der Waals surface area contributed by atoms with Gasteiger partial charge in [-0.3, -0.25) is 4.79 Å². The normalized spacial score (nSPS) is 14.3. The maximum absolute atomic E-state index is 13.6. The number of nitrogens with one attached hydrogen (secondary N) is 2. The first-order chi connectivity index (χ1) is 18.9. The van der Waals surface area contributed by atoms with Gasteiger partial charge in [-0.25, -0.2) is 4.68 Å². The van der Waals surface area contributed by atoms with Crippen molar-refractivity contribution in [3.63, 3.8) is 0 Å². The second kappa shape index (κ2) is 11.3. The number of carbonyl (C=O) groups is 1. The number of benzene rings is 3. The Bertz CT molecular complexity index is 1550. The van der Waals surface area contributed by atoms with E-state index in [9.17, 15) is 4.79 Å². The highest BCUT2D eigenvalue weighted by Crippen LogP contribution is 2.39. The molecule has 0 fully saturated rings. The molecule has 1 amide bonds. The summed E-state index contributed by atoms with van der Waals surface area (Å²) in [4.78, 5) is 17.9. The van der Waals surface area contributed by atoms with Gasteiger partial charge in [0.05, 0.1) is 29.8 Å². The molecule has 3 aromatic carbocycles. The number of aromatic nitrogens is 3. The van der Waals surface area contributed by atoms with Crippen molar-refractivity contribution in [2.45, 2.75) is 19.6 Å². The van der Waals surface area contributed by atoms with E-state index >= 15 is 0 Å². The number of hydrogen-bond donors (Lipinski definition) is 2. The number of carbonyl (C=O) groups excluding carboxylic acids is 1. The van der Waals surface area contributed by atoms with Crippen LogP contribution in [0, 0.1) is 0 Å². The molecule has 4 aromatic rings. The molecule has 1 aromatic heterocycles. The van der Waals surface area contributed by atoms with Crippen molar-refractivity contribution >= 4 is 40.7 Å². The third-order valence-electron chi connectivity index (χ3n) is 6.27. The Morgan fingerprint density at radius 3 is 2.51 bits per heavy atom. The molecule has 0 radical (unpaired) electrons. The van der Waals surface area contributed by atoms with Gasteiger partial charge in [-0.2, -0.15) is 10.1 Å². The van der Waals surface area contributed by atoms with Crippen LogP contribution in [-0.2, 0) is 11.4 Å². The number of amides is 1. The molecular formula is C28H25Cl2N5O4. The van der Waals surface area contributed by atoms with Crippen LogP contribution in [0.3, 0.4) is 0 Å². The fourth-order valence-corrected chi connectivity index (χ4v) is 4.65. The lowest BCUT2D eigenvalue weighted by Gasteiger charge is -2.29. The molecule has 2 heterocycles. The Morgan fingerprint density at radius 1 is 1.00 bits per heavy atom. The fourth-order valence-electron chi connectivity index (χ4n) is 4.33. The van der Waals surface area contributed by atoms with Crippen LogP contribution in [0.5, 0.6) is 17.2 Å². The third kappa shape index (κ3) is 5.50. The van der Waals surface area contributed by atoms with Crippen LogP contribution in [0.1, 0.15) is 24.1 Å². The zero-order valence-electron chi connectivity index (χ0n) is 21.4. The van der Waals surface area contributed by atoms with E-state index in [4.69, 9.17) is 37.4 Å². The average molecular weight is 566 g/mol. The predicted octanol–water partition coefficient (Wildman–Crippen LogP) is 6.11. The van der Waals surface area contributed by atoms with Gasteiger partial charge < -0.3 is 24.8 Å². The standard InChI is InChI=1S/C28H25Cl2N5O4/c1-16-25(27(36)34-19-6-8-20(37-2)9-7-19)26(35-28(33-16)31-15-32-35)18-5-11-23(24(13-18)38-3)39-14-17-4-10-21(29)22(30)12-17/h4-13,15,26H,14H2,1-3H3,(H,34,36)(H,31,32,33). The summed E-state index contributed by atoms with van der Waals surface area (Å²) in [5.74, 6) is 1.97. The molecule has 200 valence electrons. The number of fused-ring (bicyclic) bond motifs is 1. The van der Waals surface area contributed by atoms with E-state index in [0.29, 0.717) is 50.2 Å². The summed E-state index contributed by atoms with van der Waals surface area (Å²) in [5, 5.41) is 11.5. The van der Waals surface area contributed by atoms with Crippen molar-refractivity contribution in [1.29, 1.82) is 0 Å².